The maximum atomic E-state index is 5.51. The minimum absolute atomic E-state index is 0.364. The molecule has 0 atom stereocenters. The number of nitrogens with zero attached hydrogens (tertiary/aromatic N) is 2. The molecule has 0 radical (unpaired) electrons. The molecule has 0 aliphatic carbocycles. The van der Waals surface area contributed by atoms with E-state index in [-0.39, 0.29) is 0 Å². The van der Waals surface area contributed by atoms with Gasteiger partial charge in [-0.05, 0) is 18.2 Å². The second-order valence-electron chi connectivity index (χ2n) is 4.32. The third kappa shape index (κ3) is 4.56. The fourth-order valence-corrected chi connectivity index (χ4v) is 1.99. The number of aromatic nitrogens is 2. The third-order valence-corrected chi connectivity index (χ3v) is 3.09. The summed E-state index contributed by atoms with van der Waals surface area (Å²) in [6.07, 6.45) is 3.07. The van der Waals surface area contributed by atoms with Crippen molar-refractivity contribution in [3.05, 3.63) is 12.3 Å². The number of anilines is 1. The summed E-state index contributed by atoms with van der Waals surface area (Å²) in [5.74, 6) is 1.77. The van der Waals surface area contributed by atoms with Crippen molar-refractivity contribution in [2.24, 2.45) is 0 Å². The van der Waals surface area contributed by atoms with Crippen molar-refractivity contribution in [3.8, 4) is 0 Å². The summed E-state index contributed by atoms with van der Waals surface area (Å²) in [5, 5.41) is 4.13. The molecule has 2 N–H and O–H groups in total. The van der Waals surface area contributed by atoms with Crippen LogP contribution in [0, 0.1) is 0 Å². The molecule has 0 bridgehead atoms. The zero-order chi connectivity index (χ0) is 10.6. The van der Waals surface area contributed by atoms with Crippen molar-refractivity contribution < 1.29 is 0 Å². The first-order valence-corrected chi connectivity index (χ1v) is 5.89. The number of aryl methyl sites for hydroxylation is 1. The Hall–Kier alpha value is -0.640. The Bertz CT molecular complexity index is 275. The van der Waals surface area contributed by atoms with Crippen LogP contribution in [-0.4, -0.2) is 20.3 Å². The van der Waals surface area contributed by atoms with Gasteiger partial charge in [-0.25, -0.2) is 0 Å². The molecule has 0 saturated carbocycles. The lowest BCUT2D eigenvalue weighted by molar-refractivity contribution is 0.607. The highest BCUT2D eigenvalue weighted by Gasteiger charge is 2.09. The van der Waals surface area contributed by atoms with Crippen LogP contribution in [0.2, 0.25) is 0 Å². The van der Waals surface area contributed by atoms with Crippen molar-refractivity contribution in [3.63, 3.8) is 0 Å². The van der Waals surface area contributed by atoms with Crippen molar-refractivity contribution in [2.75, 3.05) is 11.5 Å². The molecule has 0 fully saturated rings. The first-order chi connectivity index (χ1) is 6.47. The summed E-state index contributed by atoms with van der Waals surface area (Å²) in [6.45, 7) is 7.68. The second-order valence-corrected chi connectivity index (χ2v) is 6.24. The highest BCUT2D eigenvalue weighted by Crippen LogP contribution is 2.23. The number of thioether (sulfide) groups is 1. The largest absolute Gasteiger partial charge is 0.382 e. The molecule has 3 nitrogen and oxygen atoms in total. The molecule has 1 rings (SSSR count). The predicted molar refractivity (Wildman–Crippen MR) is 63.5 cm³/mol. The van der Waals surface area contributed by atoms with Gasteiger partial charge in [-0.2, -0.15) is 16.9 Å². The van der Waals surface area contributed by atoms with Crippen LogP contribution in [0.3, 0.4) is 0 Å². The van der Waals surface area contributed by atoms with E-state index >= 15 is 0 Å². The van der Waals surface area contributed by atoms with E-state index in [0.29, 0.717) is 10.6 Å². The Kier molecular flexibility index (Phi) is 3.86. The lowest BCUT2D eigenvalue weighted by atomic mass is 10.3. The normalized spacial score (nSPS) is 11.9. The van der Waals surface area contributed by atoms with Gasteiger partial charge in [0, 0.05) is 17.5 Å². The Morgan fingerprint density at radius 1 is 1.50 bits per heavy atom. The zero-order valence-corrected chi connectivity index (χ0v) is 9.97. The van der Waals surface area contributed by atoms with Gasteiger partial charge in [0.15, 0.2) is 0 Å². The summed E-state index contributed by atoms with van der Waals surface area (Å²) in [5.41, 5.74) is 5.51. The van der Waals surface area contributed by atoms with Crippen LogP contribution >= 0.6 is 11.8 Å². The van der Waals surface area contributed by atoms with E-state index in [1.807, 2.05) is 28.7 Å². The van der Waals surface area contributed by atoms with Crippen LogP contribution in [0.1, 0.15) is 27.2 Å². The van der Waals surface area contributed by atoms with Gasteiger partial charge in [-0.1, -0.05) is 20.8 Å². The zero-order valence-electron chi connectivity index (χ0n) is 9.16. The predicted octanol–water partition coefficient (Wildman–Crippen LogP) is 2.39. The molecule has 0 aliphatic rings. The summed E-state index contributed by atoms with van der Waals surface area (Å²) in [7, 11) is 0. The molecular formula is C10H19N3S. The Balaban J connectivity index is 2.16. The molecular weight excluding hydrogens is 194 g/mol. The Morgan fingerprint density at radius 2 is 2.21 bits per heavy atom. The molecule has 0 spiro atoms. The number of nitrogens with two attached hydrogens (primary N) is 1. The summed E-state index contributed by atoms with van der Waals surface area (Å²) < 4.78 is 2.27. The average Bonchev–Trinajstić information content (AvgIpc) is 2.44. The van der Waals surface area contributed by atoms with Crippen LogP contribution in [0.4, 0.5) is 5.82 Å². The average molecular weight is 213 g/mol. The molecule has 1 aromatic heterocycles. The summed E-state index contributed by atoms with van der Waals surface area (Å²) in [6, 6.07) is 1.83. The molecule has 1 heterocycles. The van der Waals surface area contributed by atoms with Crippen LogP contribution < -0.4 is 5.73 Å². The molecule has 80 valence electrons. The molecule has 0 unspecified atom stereocenters. The van der Waals surface area contributed by atoms with Crippen LogP contribution in [-0.2, 0) is 6.54 Å². The minimum atomic E-state index is 0.364. The van der Waals surface area contributed by atoms with Gasteiger partial charge in [0.05, 0.1) is 0 Å². The molecule has 4 heteroatoms. The molecule has 0 aliphatic heterocycles. The van der Waals surface area contributed by atoms with Gasteiger partial charge < -0.3 is 5.73 Å². The standard InChI is InChI=1S/C10H19N3S/c1-10(2,3)14-8-4-6-13-7-5-9(11)12-13/h5,7H,4,6,8H2,1-3H3,(H2,11,12). The molecule has 0 aromatic carbocycles. The number of nitrogen functional groups attached to an aromatic ring is 1. The van der Waals surface area contributed by atoms with Crippen LogP contribution in [0.15, 0.2) is 12.3 Å². The van der Waals surface area contributed by atoms with E-state index < -0.39 is 0 Å². The first-order valence-electron chi connectivity index (χ1n) is 4.90. The third-order valence-electron chi connectivity index (χ3n) is 1.73. The van der Waals surface area contributed by atoms with E-state index in [2.05, 4.69) is 25.9 Å². The van der Waals surface area contributed by atoms with E-state index in [0.717, 1.165) is 13.0 Å². The molecule has 0 amide bonds. The van der Waals surface area contributed by atoms with Gasteiger partial charge in [0.1, 0.15) is 5.82 Å². The summed E-state index contributed by atoms with van der Waals surface area (Å²) >= 11 is 1.99. The van der Waals surface area contributed by atoms with E-state index in [4.69, 9.17) is 5.73 Å². The first kappa shape index (κ1) is 11.4. The molecule has 0 saturated heterocycles. The van der Waals surface area contributed by atoms with Crippen molar-refractivity contribution in [1.29, 1.82) is 0 Å². The highest BCUT2D eigenvalue weighted by atomic mass is 32.2. The quantitative estimate of drug-likeness (QED) is 0.781. The lowest BCUT2D eigenvalue weighted by Gasteiger charge is -2.17. The smallest absolute Gasteiger partial charge is 0.145 e. The van der Waals surface area contributed by atoms with Crippen molar-refractivity contribution in [2.45, 2.75) is 38.5 Å². The second kappa shape index (κ2) is 4.73. The van der Waals surface area contributed by atoms with Gasteiger partial charge >= 0.3 is 0 Å². The maximum absolute atomic E-state index is 5.51. The monoisotopic (exact) mass is 213 g/mol. The molecule has 1 aromatic rings. The van der Waals surface area contributed by atoms with Gasteiger partial charge in [0.25, 0.3) is 0 Å². The topological polar surface area (TPSA) is 43.8 Å². The fraction of sp³-hybridized carbons (Fsp3) is 0.700. The Morgan fingerprint density at radius 3 is 2.71 bits per heavy atom. The maximum Gasteiger partial charge on any atom is 0.145 e. The Labute approximate surface area is 90.1 Å². The summed E-state index contributed by atoms with van der Waals surface area (Å²) in [4.78, 5) is 0. The van der Waals surface area contributed by atoms with E-state index in [9.17, 15) is 0 Å². The fourth-order valence-electron chi connectivity index (χ4n) is 1.11. The van der Waals surface area contributed by atoms with Crippen molar-refractivity contribution in [1.82, 2.24) is 9.78 Å². The van der Waals surface area contributed by atoms with Gasteiger partial charge in [-0.15, -0.1) is 0 Å². The van der Waals surface area contributed by atoms with E-state index in [1.54, 1.807) is 0 Å². The van der Waals surface area contributed by atoms with Crippen LogP contribution in [0.25, 0.3) is 0 Å². The lowest BCUT2D eigenvalue weighted by Crippen LogP contribution is -2.09. The molecule has 14 heavy (non-hydrogen) atoms. The number of rotatable bonds is 4. The van der Waals surface area contributed by atoms with Gasteiger partial charge in [-0.3, -0.25) is 4.68 Å². The number of hydrogen-bond donors (Lipinski definition) is 1. The SMILES string of the molecule is CC(C)(C)SCCCn1ccc(N)n1. The van der Waals surface area contributed by atoms with Crippen LogP contribution in [0.5, 0.6) is 0 Å². The van der Waals surface area contributed by atoms with Gasteiger partial charge in [0.2, 0.25) is 0 Å². The minimum Gasteiger partial charge on any atom is -0.382 e. The highest BCUT2D eigenvalue weighted by molar-refractivity contribution is 8.00. The van der Waals surface area contributed by atoms with Crippen molar-refractivity contribution >= 4 is 17.6 Å². The number of hydrogen-bond acceptors (Lipinski definition) is 3. The van der Waals surface area contributed by atoms with E-state index in [1.165, 1.54) is 5.75 Å².